The van der Waals surface area contributed by atoms with Crippen LogP contribution < -0.4 is 11.1 Å². The van der Waals surface area contributed by atoms with E-state index in [0.29, 0.717) is 12.8 Å². The van der Waals surface area contributed by atoms with Crippen LogP contribution in [0.2, 0.25) is 0 Å². The van der Waals surface area contributed by atoms with Crippen LogP contribution >= 0.6 is 0 Å². The summed E-state index contributed by atoms with van der Waals surface area (Å²) in [5, 5.41) is 13.3. The quantitative estimate of drug-likeness (QED) is 0.655. The molecule has 1 saturated carbocycles. The number of carbonyl (C=O) groups is 2. The fraction of sp³-hybridized carbons (Fsp3) is 0.600. The Labute approximate surface area is 160 Å². The predicted molar refractivity (Wildman–Crippen MR) is 101 cm³/mol. The Morgan fingerprint density at radius 3 is 2.41 bits per heavy atom. The highest BCUT2D eigenvalue weighted by Gasteiger charge is 2.53. The molecule has 2 unspecified atom stereocenters. The molecule has 7 heteroatoms. The Morgan fingerprint density at radius 1 is 1.30 bits per heavy atom. The number of benzene rings is 1. The van der Waals surface area contributed by atoms with Gasteiger partial charge in [0.25, 0.3) is 0 Å². The maximum Gasteiger partial charge on any atom is 0.408 e. The van der Waals surface area contributed by atoms with Gasteiger partial charge in [0.2, 0.25) is 0 Å². The molecule has 1 fully saturated rings. The molecule has 0 aliphatic heterocycles. The van der Waals surface area contributed by atoms with Crippen LogP contribution in [0.3, 0.4) is 0 Å². The average Bonchev–Trinajstić information content (AvgIpc) is 2.56. The van der Waals surface area contributed by atoms with Crippen molar-refractivity contribution in [1.29, 1.82) is 0 Å². The Kier molecular flexibility index (Phi) is 6.49. The average molecular weight is 378 g/mol. The molecule has 0 spiro atoms. The summed E-state index contributed by atoms with van der Waals surface area (Å²) in [6.07, 6.45) is -0.414. The Balaban J connectivity index is 2.10. The van der Waals surface area contributed by atoms with Crippen molar-refractivity contribution in [2.24, 2.45) is 11.7 Å². The minimum Gasteiger partial charge on any atom is -0.469 e. The van der Waals surface area contributed by atoms with Gasteiger partial charge in [-0.1, -0.05) is 30.3 Å². The van der Waals surface area contributed by atoms with Gasteiger partial charge in [-0.05, 0) is 45.6 Å². The minimum absolute atomic E-state index is 0.244. The van der Waals surface area contributed by atoms with E-state index in [2.05, 4.69) is 5.32 Å². The third kappa shape index (κ3) is 5.43. The van der Waals surface area contributed by atoms with Crippen LogP contribution in [0.25, 0.3) is 0 Å². The maximum absolute atomic E-state index is 12.3. The lowest BCUT2D eigenvalue weighted by atomic mass is 9.63. The second kappa shape index (κ2) is 8.27. The summed E-state index contributed by atoms with van der Waals surface area (Å²) >= 11 is 0. The summed E-state index contributed by atoms with van der Waals surface area (Å²) in [5.41, 5.74) is 5.67. The lowest BCUT2D eigenvalue weighted by Crippen LogP contribution is -2.68. The number of hydrogen-bond acceptors (Lipinski definition) is 6. The molecule has 1 aromatic carbocycles. The van der Waals surface area contributed by atoms with Crippen LogP contribution in [0.1, 0.15) is 51.7 Å². The Bertz CT molecular complexity index is 650. The zero-order chi connectivity index (χ0) is 20.2. The molecular weight excluding hydrogens is 348 g/mol. The standard InChI is InChI=1S/C20H30N2O5/c1-19(2,3)27-18(25)22-20(11-14(12-20)17(24)26-4)16(21)10-15(23)13-8-6-5-7-9-13/h5-9,14-16,23H,10-12,21H2,1-4H3,(H,22,25). The van der Waals surface area contributed by atoms with E-state index in [9.17, 15) is 14.7 Å². The summed E-state index contributed by atoms with van der Waals surface area (Å²) < 4.78 is 10.1. The number of carbonyl (C=O) groups excluding carboxylic acids is 2. The molecule has 4 N–H and O–H groups in total. The summed E-state index contributed by atoms with van der Waals surface area (Å²) in [6.45, 7) is 5.32. The van der Waals surface area contributed by atoms with Crippen molar-refractivity contribution in [3.63, 3.8) is 0 Å². The molecule has 0 saturated heterocycles. The van der Waals surface area contributed by atoms with E-state index in [4.69, 9.17) is 15.2 Å². The predicted octanol–water partition coefficient (Wildman–Crippen LogP) is 2.28. The molecule has 2 atom stereocenters. The van der Waals surface area contributed by atoms with Gasteiger partial charge in [0, 0.05) is 6.04 Å². The minimum atomic E-state index is -0.822. The van der Waals surface area contributed by atoms with Gasteiger partial charge < -0.3 is 25.6 Å². The maximum atomic E-state index is 12.3. The molecule has 7 nitrogen and oxygen atoms in total. The second-order valence-corrected chi connectivity index (χ2v) is 8.18. The van der Waals surface area contributed by atoms with Crippen molar-refractivity contribution >= 4 is 12.1 Å². The molecule has 1 aromatic rings. The van der Waals surface area contributed by atoms with E-state index in [1.54, 1.807) is 20.8 Å². The number of nitrogens with one attached hydrogen (secondary N) is 1. The van der Waals surface area contributed by atoms with Gasteiger partial charge in [0.1, 0.15) is 5.60 Å². The van der Waals surface area contributed by atoms with Crippen LogP contribution in [0.5, 0.6) is 0 Å². The van der Waals surface area contributed by atoms with Crippen molar-refractivity contribution in [2.75, 3.05) is 7.11 Å². The van der Waals surface area contributed by atoms with Gasteiger partial charge in [-0.3, -0.25) is 4.79 Å². The first-order valence-electron chi connectivity index (χ1n) is 9.14. The van der Waals surface area contributed by atoms with Crippen LogP contribution in [0.15, 0.2) is 30.3 Å². The van der Waals surface area contributed by atoms with E-state index >= 15 is 0 Å². The number of methoxy groups -OCH3 is 1. The monoisotopic (exact) mass is 378 g/mol. The fourth-order valence-corrected chi connectivity index (χ4v) is 3.43. The third-order valence-corrected chi connectivity index (χ3v) is 4.88. The highest BCUT2D eigenvalue weighted by molar-refractivity contribution is 5.75. The largest absolute Gasteiger partial charge is 0.469 e. The molecule has 150 valence electrons. The zero-order valence-corrected chi connectivity index (χ0v) is 16.4. The molecule has 1 aliphatic carbocycles. The number of nitrogens with two attached hydrogens (primary N) is 1. The van der Waals surface area contributed by atoms with Crippen LogP contribution in [0.4, 0.5) is 4.79 Å². The normalized spacial score (nSPS) is 24.3. The van der Waals surface area contributed by atoms with Crippen molar-refractivity contribution in [3.8, 4) is 0 Å². The molecule has 0 heterocycles. The first kappa shape index (κ1) is 21.2. The van der Waals surface area contributed by atoms with Crippen molar-refractivity contribution in [2.45, 2.75) is 63.3 Å². The number of rotatable bonds is 6. The SMILES string of the molecule is COC(=O)C1CC(NC(=O)OC(C)(C)C)(C(N)CC(O)c2ccccc2)C1. The topological polar surface area (TPSA) is 111 Å². The van der Waals surface area contributed by atoms with Gasteiger partial charge in [0.05, 0.1) is 24.7 Å². The van der Waals surface area contributed by atoms with E-state index in [0.717, 1.165) is 5.56 Å². The van der Waals surface area contributed by atoms with E-state index in [1.807, 2.05) is 30.3 Å². The molecule has 1 aliphatic rings. The smallest absolute Gasteiger partial charge is 0.408 e. The van der Waals surface area contributed by atoms with Gasteiger partial charge in [0.15, 0.2) is 0 Å². The lowest BCUT2D eigenvalue weighted by molar-refractivity contribution is -0.152. The summed E-state index contributed by atoms with van der Waals surface area (Å²) in [4.78, 5) is 24.1. The second-order valence-electron chi connectivity index (χ2n) is 8.18. The first-order valence-corrected chi connectivity index (χ1v) is 9.14. The van der Waals surface area contributed by atoms with Crippen LogP contribution in [0, 0.1) is 5.92 Å². The summed E-state index contributed by atoms with van der Waals surface area (Å²) in [6, 6.07) is 8.65. The Hall–Kier alpha value is -2.12. The summed E-state index contributed by atoms with van der Waals surface area (Å²) in [7, 11) is 1.34. The number of amides is 1. The number of aliphatic hydroxyl groups excluding tert-OH is 1. The van der Waals surface area contributed by atoms with Gasteiger partial charge in [-0.15, -0.1) is 0 Å². The first-order chi connectivity index (χ1) is 12.6. The molecule has 27 heavy (non-hydrogen) atoms. The number of hydrogen-bond donors (Lipinski definition) is 3. The fourth-order valence-electron chi connectivity index (χ4n) is 3.43. The molecule has 0 aromatic heterocycles. The van der Waals surface area contributed by atoms with Crippen molar-refractivity contribution in [1.82, 2.24) is 5.32 Å². The molecule has 0 radical (unpaired) electrons. The van der Waals surface area contributed by atoms with E-state index in [-0.39, 0.29) is 18.3 Å². The lowest BCUT2D eigenvalue weighted by Gasteiger charge is -2.50. The number of aliphatic hydroxyl groups is 1. The van der Waals surface area contributed by atoms with Gasteiger partial charge in [-0.25, -0.2) is 4.79 Å². The highest BCUT2D eigenvalue weighted by atomic mass is 16.6. The number of ether oxygens (including phenoxy) is 2. The third-order valence-electron chi connectivity index (χ3n) is 4.88. The van der Waals surface area contributed by atoms with Gasteiger partial charge in [-0.2, -0.15) is 0 Å². The van der Waals surface area contributed by atoms with E-state index in [1.165, 1.54) is 7.11 Å². The van der Waals surface area contributed by atoms with Crippen molar-refractivity contribution < 1.29 is 24.2 Å². The van der Waals surface area contributed by atoms with Crippen LogP contribution in [-0.2, 0) is 14.3 Å². The molecule has 2 rings (SSSR count). The van der Waals surface area contributed by atoms with Crippen molar-refractivity contribution in [3.05, 3.63) is 35.9 Å². The highest BCUT2D eigenvalue weighted by Crippen LogP contribution is 2.42. The molecular formula is C20H30N2O5. The van der Waals surface area contributed by atoms with Gasteiger partial charge >= 0.3 is 12.1 Å². The number of esters is 1. The van der Waals surface area contributed by atoms with E-state index < -0.39 is 29.4 Å². The summed E-state index contributed by atoms with van der Waals surface area (Å²) in [5.74, 6) is -0.655. The molecule has 0 bridgehead atoms. The van der Waals surface area contributed by atoms with Crippen LogP contribution in [-0.4, -0.2) is 41.5 Å². The Morgan fingerprint density at radius 2 is 1.89 bits per heavy atom. The number of alkyl carbamates (subject to hydrolysis) is 1. The molecule has 1 amide bonds. The zero-order valence-electron chi connectivity index (χ0n) is 16.4.